The second kappa shape index (κ2) is 7.25. The number of alkyl halides is 3. The highest BCUT2D eigenvalue weighted by Crippen LogP contribution is 2.17. The summed E-state index contributed by atoms with van der Waals surface area (Å²) in [5, 5.41) is 10.6. The van der Waals surface area contributed by atoms with E-state index in [0.717, 1.165) is 6.42 Å². The van der Waals surface area contributed by atoms with Crippen molar-refractivity contribution in [2.45, 2.75) is 19.1 Å². The Balaban J connectivity index is 1.95. The van der Waals surface area contributed by atoms with Crippen LogP contribution in [0.15, 0.2) is 23.3 Å². The van der Waals surface area contributed by atoms with E-state index in [0.29, 0.717) is 31.0 Å². The van der Waals surface area contributed by atoms with Crippen molar-refractivity contribution in [3.05, 3.63) is 34.0 Å². The zero-order chi connectivity index (χ0) is 16.9. The molecule has 2 rings (SSSR count). The van der Waals surface area contributed by atoms with Crippen molar-refractivity contribution in [3.8, 4) is 5.88 Å². The highest BCUT2D eigenvalue weighted by atomic mass is 19.4. The first-order valence-electron chi connectivity index (χ1n) is 6.88. The number of aliphatic imine (C=N–C) groups is 1. The molecule has 2 heterocycles. The Morgan fingerprint density at radius 1 is 1.39 bits per heavy atom. The maximum Gasteiger partial charge on any atom is 0.422 e. The van der Waals surface area contributed by atoms with Crippen molar-refractivity contribution in [2.24, 2.45) is 4.99 Å². The van der Waals surface area contributed by atoms with Gasteiger partial charge in [-0.05, 0) is 12.0 Å². The van der Waals surface area contributed by atoms with Gasteiger partial charge in [-0.15, -0.1) is 0 Å². The summed E-state index contributed by atoms with van der Waals surface area (Å²) in [5.41, 5.74) is 0.710. The first-order valence-corrected chi connectivity index (χ1v) is 6.88. The molecule has 0 aromatic carbocycles. The van der Waals surface area contributed by atoms with Gasteiger partial charge in [0.25, 0.3) is 6.54 Å². The lowest BCUT2D eigenvalue weighted by molar-refractivity contribution is -0.464. The van der Waals surface area contributed by atoms with Crippen molar-refractivity contribution < 1.29 is 22.8 Å². The van der Waals surface area contributed by atoms with Crippen LogP contribution in [0.1, 0.15) is 12.0 Å². The van der Waals surface area contributed by atoms with Gasteiger partial charge >= 0.3 is 6.18 Å². The third-order valence-electron chi connectivity index (χ3n) is 3.07. The zero-order valence-electron chi connectivity index (χ0n) is 12.1. The zero-order valence-corrected chi connectivity index (χ0v) is 12.1. The molecule has 1 aromatic heterocycles. The molecule has 0 aliphatic carbocycles. The molecule has 1 aliphatic rings. The first-order chi connectivity index (χ1) is 10.8. The van der Waals surface area contributed by atoms with E-state index in [1.54, 1.807) is 11.0 Å². The van der Waals surface area contributed by atoms with Crippen LogP contribution in [0.25, 0.3) is 0 Å². The number of nitrogens with zero attached hydrogens (tertiary/aromatic N) is 4. The molecule has 126 valence electrons. The Morgan fingerprint density at radius 2 is 2.17 bits per heavy atom. The Bertz CT molecular complexity index is 575. The van der Waals surface area contributed by atoms with E-state index in [9.17, 15) is 23.3 Å². The highest BCUT2D eigenvalue weighted by Gasteiger charge is 2.28. The summed E-state index contributed by atoms with van der Waals surface area (Å²) in [4.78, 5) is 19.9. The monoisotopic (exact) mass is 332 g/mol. The molecule has 1 aromatic rings. The van der Waals surface area contributed by atoms with Gasteiger partial charge in [-0.3, -0.25) is 15.1 Å². The summed E-state index contributed by atoms with van der Waals surface area (Å²) in [5.74, 6) is 0.280. The predicted octanol–water partition coefficient (Wildman–Crippen LogP) is 1.90. The molecule has 0 N–H and O–H groups in total. The number of hydrogen-bond donors (Lipinski definition) is 0. The van der Waals surface area contributed by atoms with Crippen LogP contribution in [0.3, 0.4) is 0 Å². The number of aromatic nitrogens is 1. The van der Waals surface area contributed by atoms with Gasteiger partial charge in [0.1, 0.15) is 0 Å². The van der Waals surface area contributed by atoms with Gasteiger partial charge in [0.15, 0.2) is 12.4 Å². The average molecular weight is 332 g/mol. The molecule has 7 nitrogen and oxygen atoms in total. The quantitative estimate of drug-likeness (QED) is 0.587. The standard InChI is InChI=1S/C13H15F3N4O3/c14-13(15,16)9-23-12-3-2-10(6-18-12)7-19-5-1-4-17-11(19)8-20(21)22/h2-3,6H,1,4-5,7-9H2. The fourth-order valence-corrected chi connectivity index (χ4v) is 2.10. The third-order valence-corrected chi connectivity index (χ3v) is 3.07. The van der Waals surface area contributed by atoms with Crippen molar-refractivity contribution in [1.29, 1.82) is 0 Å². The van der Waals surface area contributed by atoms with E-state index in [2.05, 4.69) is 14.7 Å². The van der Waals surface area contributed by atoms with Crippen LogP contribution >= 0.6 is 0 Å². The Hall–Kier alpha value is -2.39. The molecule has 0 spiro atoms. The van der Waals surface area contributed by atoms with Crippen LogP contribution < -0.4 is 4.74 Å². The van der Waals surface area contributed by atoms with Gasteiger partial charge in [0.2, 0.25) is 5.88 Å². The second-order valence-corrected chi connectivity index (χ2v) is 4.97. The molecular weight excluding hydrogens is 317 g/mol. The highest BCUT2D eigenvalue weighted by molar-refractivity contribution is 5.83. The Morgan fingerprint density at radius 3 is 2.78 bits per heavy atom. The number of ether oxygens (including phenoxy) is 1. The van der Waals surface area contributed by atoms with Gasteiger partial charge in [-0.1, -0.05) is 6.07 Å². The number of nitro groups is 1. The topological polar surface area (TPSA) is 80.9 Å². The van der Waals surface area contributed by atoms with Crippen LogP contribution in [-0.4, -0.2) is 53.1 Å². The minimum atomic E-state index is -4.41. The summed E-state index contributed by atoms with van der Waals surface area (Å²) in [6, 6.07) is 2.92. The summed E-state index contributed by atoms with van der Waals surface area (Å²) < 4.78 is 40.7. The molecule has 10 heteroatoms. The predicted molar refractivity (Wildman–Crippen MR) is 75.0 cm³/mol. The molecule has 0 amide bonds. The Kier molecular flexibility index (Phi) is 5.35. The number of pyridine rings is 1. The third kappa shape index (κ3) is 5.72. The first kappa shape index (κ1) is 17.0. The SMILES string of the molecule is O=[N+]([O-])CC1=NCCCN1Cc1ccc(OCC(F)(F)F)nc1. The van der Waals surface area contributed by atoms with E-state index in [1.165, 1.54) is 12.3 Å². The van der Waals surface area contributed by atoms with Crippen molar-refractivity contribution in [3.63, 3.8) is 0 Å². The van der Waals surface area contributed by atoms with Crippen LogP contribution in [0.2, 0.25) is 0 Å². The normalized spacial score (nSPS) is 15.3. The van der Waals surface area contributed by atoms with Crippen LogP contribution in [0.5, 0.6) is 5.88 Å². The van der Waals surface area contributed by atoms with Crippen molar-refractivity contribution >= 4 is 5.84 Å². The largest absolute Gasteiger partial charge is 0.468 e. The summed E-state index contributed by atoms with van der Waals surface area (Å²) in [7, 11) is 0. The van der Waals surface area contributed by atoms with Gasteiger partial charge < -0.3 is 9.64 Å². The molecule has 0 atom stereocenters. The molecule has 1 aliphatic heterocycles. The smallest absolute Gasteiger partial charge is 0.422 e. The van der Waals surface area contributed by atoms with E-state index in [-0.39, 0.29) is 12.4 Å². The van der Waals surface area contributed by atoms with Crippen molar-refractivity contribution in [1.82, 2.24) is 9.88 Å². The van der Waals surface area contributed by atoms with Crippen molar-refractivity contribution in [2.75, 3.05) is 26.2 Å². The van der Waals surface area contributed by atoms with E-state index in [1.807, 2.05) is 0 Å². The molecule has 23 heavy (non-hydrogen) atoms. The molecule has 0 fully saturated rings. The van der Waals surface area contributed by atoms with Gasteiger partial charge in [-0.25, -0.2) is 4.98 Å². The van der Waals surface area contributed by atoms with Crippen LogP contribution in [0.4, 0.5) is 13.2 Å². The fourth-order valence-electron chi connectivity index (χ4n) is 2.10. The van der Waals surface area contributed by atoms with E-state index in [4.69, 9.17) is 0 Å². The summed E-state index contributed by atoms with van der Waals surface area (Å²) in [6.45, 7) is -0.189. The molecule has 0 unspecified atom stereocenters. The van der Waals surface area contributed by atoms with Gasteiger partial charge in [0, 0.05) is 36.8 Å². The minimum Gasteiger partial charge on any atom is -0.468 e. The molecule has 0 radical (unpaired) electrons. The molecular formula is C13H15F3N4O3. The lowest BCUT2D eigenvalue weighted by Crippen LogP contribution is -2.39. The number of amidine groups is 1. The van der Waals surface area contributed by atoms with Gasteiger partial charge in [0.05, 0.1) is 0 Å². The lowest BCUT2D eigenvalue weighted by atomic mass is 10.2. The van der Waals surface area contributed by atoms with E-state index >= 15 is 0 Å². The van der Waals surface area contributed by atoms with Crippen LogP contribution in [-0.2, 0) is 6.54 Å². The lowest BCUT2D eigenvalue weighted by Gasteiger charge is -2.27. The molecule has 0 bridgehead atoms. The second-order valence-electron chi connectivity index (χ2n) is 4.97. The Labute approximate surface area is 129 Å². The minimum absolute atomic E-state index is 0.121. The summed E-state index contributed by atoms with van der Waals surface area (Å²) >= 11 is 0. The fraction of sp³-hybridized carbons (Fsp3) is 0.538. The summed E-state index contributed by atoms with van der Waals surface area (Å²) in [6.07, 6.45) is -2.23. The van der Waals surface area contributed by atoms with Gasteiger partial charge in [-0.2, -0.15) is 13.2 Å². The van der Waals surface area contributed by atoms with Crippen LogP contribution in [0, 0.1) is 10.1 Å². The number of rotatable bonds is 6. The maximum absolute atomic E-state index is 12.0. The molecule has 0 saturated heterocycles. The number of halogens is 3. The maximum atomic E-state index is 12.0. The number of hydrogen-bond acceptors (Lipinski definition) is 6. The van der Waals surface area contributed by atoms with E-state index < -0.39 is 17.7 Å². The average Bonchev–Trinajstić information content (AvgIpc) is 2.47. The molecule has 0 saturated carbocycles.